The first-order valence-corrected chi connectivity index (χ1v) is 8.64. The number of nitrogens with zero attached hydrogens (tertiary/aromatic N) is 6. The number of aromatic nitrogens is 2. The van der Waals surface area contributed by atoms with Gasteiger partial charge in [-0.1, -0.05) is 16.9 Å². The smallest absolute Gasteiger partial charge is 0.407 e. The van der Waals surface area contributed by atoms with E-state index in [9.17, 15) is 9.59 Å². The molecule has 2 rings (SSSR count). The third-order valence-electron chi connectivity index (χ3n) is 3.99. The van der Waals surface area contributed by atoms with Crippen LogP contribution in [0.1, 0.15) is 40.5 Å². The summed E-state index contributed by atoms with van der Waals surface area (Å²) in [6, 6.07) is 0. The van der Waals surface area contributed by atoms with E-state index in [-0.39, 0.29) is 18.2 Å². The van der Waals surface area contributed by atoms with Gasteiger partial charge in [-0.25, -0.2) is 14.8 Å². The predicted octanol–water partition coefficient (Wildman–Crippen LogP) is 2.86. The van der Waals surface area contributed by atoms with E-state index in [2.05, 4.69) is 20.0 Å². The highest BCUT2D eigenvalue weighted by Gasteiger charge is 2.29. The number of aryl methyl sites for hydroxylation is 1. The maximum Gasteiger partial charge on any atom is 0.407 e. The number of azide groups is 1. The number of hydrogen-bond acceptors (Lipinski definition) is 6. The fraction of sp³-hybridized carbons (Fsp3) is 0.571. The van der Waals surface area contributed by atoms with Crippen molar-refractivity contribution in [3.05, 3.63) is 27.4 Å². The summed E-state index contributed by atoms with van der Waals surface area (Å²) in [7, 11) is 0. The molecule has 1 N–H and O–H groups in total. The summed E-state index contributed by atoms with van der Waals surface area (Å²) < 4.78 is 0. The number of carbonyl (C=O) groups excluding carboxylic acids is 1. The van der Waals surface area contributed by atoms with Crippen LogP contribution in [0.3, 0.4) is 0 Å². The van der Waals surface area contributed by atoms with Gasteiger partial charge in [-0.2, -0.15) is 0 Å². The summed E-state index contributed by atoms with van der Waals surface area (Å²) in [4.78, 5) is 36.2. The summed E-state index contributed by atoms with van der Waals surface area (Å²) >= 11 is 1.38. The summed E-state index contributed by atoms with van der Waals surface area (Å²) in [5.41, 5.74) is 10.0. The van der Waals surface area contributed by atoms with Gasteiger partial charge >= 0.3 is 6.09 Å². The number of likely N-dealkylation sites (tertiary alicyclic amines) is 1. The van der Waals surface area contributed by atoms with E-state index in [0.29, 0.717) is 48.0 Å². The van der Waals surface area contributed by atoms with Crippen LogP contribution in [0.2, 0.25) is 0 Å². The van der Waals surface area contributed by atoms with Crippen molar-refractivity contribution in [2.75, 3.05) is 25.9 Å². The zero-order valence-electron chi connectivity index (χ0n) is 13.5. The molecular formula is C14H18N6O3S. The molecule has 10 heteroatoms. The molecule has 1 aromatic rings. The molecule has 0 saturated carbocycles. The fourth-order valence-corrected chi connectivity index (χ4v) is 3.24. The van der Waals surface area contributed by atoms with Crippen molar-refractivity contribution in [1.82, 2.24) is 14.9 Å². The predicted molar refractivity (Wildman–Crippen MR) is 88.5 cm³/mol. The minimum Gasteiger partial charge on any atom is -0.465 e. The molecule has 0 spiro atoms. The van der Waals surface area contributed by atoms with Crippen molar-refractivity contribution in [1.29, 1.82) is 0 Å². The Balaban J connectivity index is 2.36. The van der Waals surface area contributed by atoms with E-state index in [0.717, 1.165) is 0 Å². The average molecular weight is 350 g/mol. The number of carboxylic acid groups (broad SMARTS) is 1. The maximum absolute atomic E-state index is 12.4. The average Bonchev–Trinajstić information content (AvgIpc) is 2.58. The van der Waals surface area contributed by atoms with Gasteiger partial charge < -0.3 is 10.0 Å². The number of ketones is 1. The zero-order chi connectivity index (χ0) is 17.7. The molecule has 128 valence electrons. The number of piperidine rings is 1. The molecule has 1 aliphatic heterocycles. The Morgan fingerprint density at radius 1 is 1.42 bits per heavy atom. The minimum atomic E-state index is -0.934. The van der Waals surface area contributed by atoms with Crippen LogP contribution in [0.25, 0.3) is 10.4 Å². The molecule has 1 fully saturated rings. The van der Waals surface area contributed by atoms with Gasteiger partial charge in [0.15, 0.2) is 10.9 Å². The lowest BCUT2D eigenvalue weighted by molar-refractivity contribution is 0.0995. The largest absolute Gasteiger partial charge is 0.465 e. The van der Waals surface area contributed by atoms with Crippen LogP contribution in [0, 0.1) is 6.92 Å². The first-order chi connectivity index (χ1) is 11.5. The molecule has 0 aliphatic carbocycles. The van der Waals surface area contributed by atoms with Crippen molar-refractivity contribution in [3.8, 4) is 0 Å². The molecule has 0 aromatic carbocycles. The van der Waals surface area contributed by atoms with Gasteiger partial charge in [0.1, 0.15) is 0 Å². The van der Waals surface area contributed by atoms with E-state index in [4.69, 9.17) is 10.6 Å². The highest BCUT2D eigenvalue weighted by atomic mass is 32.2. The highest BCUT2D eigenvalue weighted by Crippen LogP contribution is 2.31. The molecule has 1 aliphatic rings. The second-order valence-electron chi connectivity index (χ2n) is 5.41. The quantitative estimate of drug-likeness (QED) is 0.217. The number of thioether (sulfide) groups is 1. The molecule has 0 unspecified atom stereocenters. The second-order valence-corrected chi connectivity index (χ2v) is 6.19. The van der Waals surface area contributed by atoms with Gasteiger partial charge in [0.05, 0.1) is 23.5 Å². The third kappa shape index (κ3) is 3.95. The molecule has 0 radical (unpaired) electrons. The molecule has 9 nitrogen and oxygen atoms in total. The highest BCUT2D eigenvalue weighted by molar-refractivity contribution is 7.98. The Hall–Kier alpha value is -2.32. The van der Waals surface area contributed by atoms with Gasteiger partial charge in [-0.3, -0.25) is 4.79 Å². The van der Waals surface area contributed by atoms with Crippen LogP contribution in [-0.4, -0.2) is 57.7 Å². The van der Waals surface area contributed by atoms with E-state index in [1.54, 1.807) is 6.92 Å². The molecule has 1 saturated heterocycles. The summed E-state index contributed by atoms with van der Waals surface area (Å²) in [5, 5.41) is 13.0. The van der Waals surface area contributed by atoms with Gasteiger partial charge in [0.25, 0.3) is 0 Å². The van der Waals surface area contributed by atoms with Crippen LogP contribution in [0.5, 0.6) is 0 Å². The second kappa shape index (κ2) is 7.98. The molecule has 24 heavy (non-hydrogen) atoms. The molecule has 0 atom stereocenters. The molecule has 0 bridgehead atoms. The first kappa shape index (κ1) is 18.0. The van der Waals surface area contributed by atoms with Gasteiger partial charge in [-0.05, 0) is 31.6 Å². The maximum atomic E-state index is 12.4. The van der Waals surface area contributed by atoms with Crippen molar-refractivity contribution < 1.29 is 14.7 Å². The number of Topliss-reactive ketones (excluding diaryl/α,β-unsaturated/α-hetero) is 1. The number of hydrogen-bond donors (Lipinski definition) is 1. The van der Waals surface area contributed by atoms with E-state index in [1.165, 1.54) is 16.7 Å². The van der Waals surface area contributed by atoms with E-state index < -0.39 is 6.09 Å². The third-order valence-corrected chi connectivity index (χ3v) is 4.54. The zero-order valence-corrected chi connectivity index (χ0v) is 14.3. The Labute approximate surface area is 143 Å². The van der Waals surface area contributed by atoms with Gasteiger partial charge in [-0.15, -0.1) is 0 Å². The van der Waals surface area contributed by atoms with Crippen molar-refractivity contribution >= 4 is 23.6 Å². The van der Waals surface area contributed by atoms with Gasteiger partial charge in [0.2, 0.25) is 0 Å². The minimum absolute atomic E-state index is 0.0155. The van der Waals surface area contributed by atoms with Crippen LogP contribution in [-0.2, 0) is 0 Å². The lowest BCUT2D eigenvalue weighted by Gasteiger charge is -2.30. The monoisotopic (exact) mass is 350 g/mol. The van der Waals surface area contributed by atoms with E-state index in [1.807, 2.05) is 6.26 Å². The molecular weight excluding hydrogens is 332 g/mol. The summed E-state index contributed by atoms with van der Waals surface area (Å²) in [6.45, 7) is 2.27. The van der Waals surface area contributed by atoms with Crippen LogP contribution < -0.4 is 0 Å². The molecule has 2 heterocycles. The Bertz CT molecular complexity index is 696. The fourth-order valence-electron chi connectivity index (χ4n) is 2.82. The normalized spacial score (nSPS) is 15.0. The van der Waals surface area contributed by atoms with Crippen LogP contribution in [0.15, 0.2) is 10.3 Å². The molecule has 1 aromatic heterocycles. The SMILES string of the molecule is CSc1nc(C)c(C(=O)CN=[N+]=[N-])c(C2CCN(C(=O)O)CC2)n1. The Morgan fingerprint density at radius 3 is 2.62 bits per heavy atom. The van der Waals surface area contributed by atoms with Crippen LogP contribution in [0.4, 0.5) is 4.79 Å². The Morgan fingerprint density at radius 2 is 2.08 bits per heavy atom. The number of amides is 1. The van der Waals surface area contributed by atoms with Crippen molar-refractivity contribution in [2.45, 2.75) is 30.8 Å². The number of carbonyl (C=O) groups is 2. The van der Waals surface area contributed by atoms with Crippen molar-refractivity contribution in [2.24, 2.45) is 5.11 Å². The number of rotatable bonds is 5. The topological polar surface area (TPSA) is 132 Å². The summed E-state index contributed by atoms with van der Waals surface area (Å²) in [6.07, 6.45) is 2.11. The lowest BCUT2D eigenvalue weighted by atomic mass is 9.89. The van der Waals surface area contributed by atoms with Crippen LogP contribution >= 0.6 is 11.8 Å². The lowest BCUT2D eigenvalue weighted by Crippen LogP contribution is -2.37. The van der Waals surface area contributed by atoms with Crippen molar-refractivity contribution in [3.63, 3.8) is 0 Å². The molecule has 1 amide bonds. The van der Waals surface area contributed by atoms with Gasteiger partial charge in [0, 0.05) is 23.9 Å². The first-order valence-electron chi connectivity index (χ1n) is 7.42. The van der Waals surface area contributed by atoms with E-state index >= 15 is 0 Å². The summed E-state index contributed by atoms with van der Waals surface area (Å²) in [5.74, 6) is -0.327. The standard InChI is InChI=1S/C14H18N6O3S/c1-8-11(10(21)7-16-19-15)12(18-13(17-8)24-2)9-3-5-20(6-4-9)14(22)23/h9H,3-7H2,1-2H3,(H,22,23). The Kier molecular flexibility index (Phi) is 5.99.